The molecule has 10 heteroatoms. The lowest BCUT2D eigenvalue weighted by molar-refractivity contribution is -0.132. The van der Waals surface area contributed by atoms with Crippen molar-refractivity contribution in [3.8, 4) is 17.2 Å². The standard InChI is InChI=1S/C25H26N2O6S2/c1-3-12-27(35(29,30)22-9-7-20(31-2)8-10-22)17-25(28)26(16-21-5-4-13-34-21)15-19-6-11-23-24(14-19)33-18-32-23/h3-11,13-14H,1,12,15-18H2,2H3. The number of carbonyl (C=O) groups is 1. The lowest BCUT2D eigenvalue weighted by Crippen LogP contribution is -2.42. The summed E-state index contributed by atoms with van der Waals surface area (Å²) >= 11 is 1.54. The first-order valence-electron chi connectivity index (χ1n) is 10.8. The van der Waals surface area contributed by atoms with Crippen molar-refractivity contribution in [2.24, 2.45) is 0 Å². The number of carbonyl (C=O) groups excluding carboxylic acids is 1. The molecule has 0 saturated carbocycles. The van der Waals surface area contributed by atoms with Gasteiger partial charge in [-0.1, -0.05) is 18.2 Å². The predicted octanol–water partition coefficient (Wildman–Crippen LogP) is 3.89. The van der Waals surface area contributed by atoms with Crippen molar-refractivity contribution in [3.05, 3.63) is 83.1 Å². The molecule has 0 atom stereocenters. The maximum atomic E-state index is 13.5. The summed E-state index contributed by atoms with van der Waals surface area (Å²) in [4.78, 5) is 16.2. The molecule has 0 unspecified atom stereocenters. The van der Waals surface area contributed by atoms with Crippen LogP contribution in [-0.4, -0.2) is 50.5 Å². The molecular weight excluding hydrogens is 488 g/mol. The van der Waals surface area contributed by atoms with Crippen molar-refractivity contribution in [1.29, 1.82) is 0 Å². The van der Waals surface area contributed by atoms with Gasteiger partial charge in [-0.3, -0.25) is 4.79 Å². The average Bonchev–Trinajstić information content (AvgIpc) is 3.55. The van der Waals surface area contributed by atoms with Crippen LogP contribution in [0.3, 0.4) is 0 Å². The van der Waals surface area contributed by atoms with Crippen LogP contribution in [0.4, 0.5) is 0 Å². The minimum atomic E-state index is -3.93. The summed E-state index contributed by atoms with van der Waals surface area (Å²) in [5, 5.41) is 1.94. The Bertz CT molecular complexity index is 1270. The number of ether oxygens (including phenoxy) is 3. The molecule has 0 bridgehead atoms. The number of amides is 1. The number of methoxy groups -OCH3 is 1. The van der Waals surface area contributed by atoms with E-state index in [2.05, 4.69) is 6.58 Å². The second-order valence-corrected chi connectivity index (χ2v) is 10.7. The van der Waals surface area contributed by atoms with Crippen LogP contribution in [-0.2, 0) is 27.9 Å². The first-order chi connectivity index (χ1) is 16.9. The van der Waals surface area contributed by atoms with Crippen molar-refractivity contribution in [3.63, 3.8) is 0 Å². The van der Waals surface area contributed by atoms with Gasteiger partial charge in [0.1, 0.15) is 5.75 Å². The summed E-state index contributed by atoms with van der Waals surface area (Å²) in [5.41, 5.74) is 0.854. The summed E-state index contributed by atoms with van der Waals surface area (Å²) in [5.74, 6) is 1.50. The van der Waals surface area contributed by atoms with Crippen molar-refractivity contribution >= 4 is 27.3 Å². The number of benzene rings is 2. The Hall–Kier alpha value is -3.34. The van der Waals surface area contributed by atoms with Gasteiger partial charge in [0.2, 0.25) is 22.7 Å². The number of nitrogens with zero attached hydrogens (tertiary/aromatic N) is 2. The van der Waals surface area contributed by atoms with E-state index < -0.39 is 10.0 Å². The summed E-state index contributed by atoms with van der Waals surface area (Å²) in [6.45, 7) is 4.16. The van der Waals surface area contributed by atoms with Gasteiger partial charge in [-0.15, -0.1) is 17.9 Å². The van der Waals surface area contributed by atoms with Gasteiger partial charge in [0, 0.05) is 18.0 Å². The van der Waals surface area contributed by atoms with Crippen LogP contribution in [0.5, 0.6) is 17.2 Å². The maximum absolute atomic E-state index is 13.5. The molecule has 1 aliphatic heterocycles. The average molecular weight is 515 g/mol. The molecule has 1 aromatic heterocycles. The number of thiophene rings is 1. The van der Waals surface area contributed by atoms with Gasteiger partial charge < -0.3 is 19.1 Å². The lowest BCUT2D eigenvalue weighted by Gasteiger charge is -2.27. The first kappa shape index (κ1) is 24.8. The molecule has 0 radical (unpaired) electrons. The van der Waals surface area contributed by atoms with E-state index in [0.29, 0.717) is 23.8 Å². The van der Waals surface area contributed by atoms with Crippen LogP contribution in [0.25, 0.3) is 0 Å². The van der Waals surface area contributed by atoms with Crippen LogP contribution in [0, 0.1) is 0 Å². The van der Waals surface area contributed by atoms with Crippen LogP contribution in [0.15, 0.2) is 77.5 Å². The number of hydrogen-bond donors (Lipinski definition) is 0. The van der Waals surface area contributed by atoms with Gasteiger partial charge in [-0.05, 0) is 53.4 Å². The Morgan fingerprint density at radius 2 is 1.89 bits per heavy atom. The number of hydrogen-bond acceptors (Lipinski definition) is 7. The summed E-state index contributed by atoms with van der Waals surface area (Å²) < 4.78 is 43.7. The van der Waals surface area contributed by atoms with Gasteiger partial charge in [0.05, 0.1) is 25.1 Å². The quantitative estimate of drug-likeness (QED) is 0.361. The molecule has 0 saturated heterocycles. The van der Waals surface area contributed by atoms with Gasteiger partial charge in [0.15, 0.2) is 11.5 Å². The molecule has 0 aliphatic carbocycles. The van der Waals surface area contributed by atoms with Crippen molar-refractivity contribution in [2.75, 3.05) is 27.0 Å². The van der Waals surface area contributed by atoms with E-state index in [1.807, 2.05) is 35.7 Å². The lowest BCUT2D eigenvalue weighted by atomic mass is 10.2. The highest BCUT2D eigenvalue weighted by molar-refractivity contribution is 7.89. The summed E-state index contributed by atoms with van der Waals surface area (Å²) in [7, 11) is -2.43. The summed E-state index contributed by atoms with van der Waals surface area (Å²) in [6, 6.07) is 15.5. The minimum Gasteiger partial charge on any atom is -0.497 e. The molecule has 0 N–H and O–H groups in total. The maximum Gasteiger partial charge on any atom is 0.243 e. The largest absolute Gasteiger partial charge is 0.497 e. The highest BCUT2D eigenvalue weighted by atomic mass is 32.2. The molecule has 1 amide bonds. The fraction of sp³-hybridized carbons (Fsp3) is 0.240. The van der Waals surface area contributed by atoms with Crippen LogP contribution < -0.4 is 14.2 Å². The molecule has 2 heterocycles. The second kappa shape index (κ2) is 10.9. The predicted molar refractivity (Wildman–Crippen MR) is 133 cm³/mol. The number of sulfonamides is 1. The molecule has 0 fully saturated rings. The van der Waals surface area contributed by atoms with Crippen molar-refractivity contribution in [1.82, 2.24) is 9.21 Å². The highest BCUT2D eigenvalue weighted by Gasteiger charge is 2.28. The van der Waals surface area contributed by atoms with Gasteiger partial charge in [0.25, 0.3) is 0 Å². The zero-order chi connectivity index (χ0) is 24.8. The van der Waals surface area contributed by atoms with E-state index in [1.165, 1.54) is 36.7 Å². The van der Waals surface area contributed by atoms with Gasteiger partial charge in [-0.2, -0.15) is 4.31 Å². The highest BCUT2D eigenvalue weighted by Crippen LogP contribution is 2.33. The van der Waals surface area contributed by atoms with Crippen LogP contribution in [0.2, 0.25) is 0 Å². The Morgan fingerprint density at radius 3 is 2.57 bits per heavy atom. The molecule has 3 aromatic rings. The normalized spacial score (nSPS) is 12.5. The summed E-state index contributed by atoms with van der Waals surface area (Å²) in [6.07, 6.45) is 1.47. The third-order valence-corrected chi connectivity index (χ3v) is 8.12. The molecule has 1 aliphatic rings. The molecule has 2 aromatic carbocycles. The van der Waals surface area contributed by atoms with E-state index in [9.17, 15) is 13.2 Å². The smallest absolute Gasteiger partial charge is 0.243 e. The van der Waals surface area contributed by atoms with Crippen LogP contribution in [0.1, 0.15) is 10.4 Å². The van der Waals surface area contributed by atoms with E-state index in [-0.39, 0.29) is 37.2 Å². The SMILES string of the molecule is C=CCN(CC(=O)N(Cc1ccc2c(c1)OCO2)Cc1cccs1)S(=O)(=O)c1ccc(OC)cc1. The Balaban J connectivity index is 1.57. The fourth-order valence-electron chi connectivity index (χ4n) is 3.62. The van der Waals surface area contributed by atoms with Crippen LogP contribution >= 0.6 is 11.3 Å². The third-order valence-electron chi connectivity index (χ3n) is 5.43. The van der Waals surface area contributed by atoms with Gasteiger partial charge >= 0.3 is 0 Å². The zero-order valence-corrected chi connectivity index (χ0v) is 20.9. The second-order valence-electron chi connectivity index (χ2n) is 7.78. The van der Waals surface area contributed by atoms with E-state index in [4.69, 9.17) is 14.2 Å². The molecule has 8 nitrogen and oxygen atoms in total. The number of fused-ring (bicyclic) bond motifs is 1. The Labute approximate surface area is 209 Å². The monoisotopic (exact) mass is 514 g/mol. The Morgan fingerprint density at radius 1 is 1.11 bits per heavy atom. The van der Waals surface area contributed by atoms with E-state index in [1.54, 1.807) is 17.0 Å². The fourth-order valence-corrected chi connectivity index (χ4v) is 5.70. The van der Waals surface area contributed by atoms with Crippen molar-refractivity contribution in [2.45, 2.75) is 18.0 Å². The molecule has 4 rings (SSSR count). The van der Waals surface area contributed by atoms with Crippen molar-refractivity contribution < 1.29 is 27.4 Å². The molecular formula is C25H26N2O6S2. The Kier molecular flexibility index (Phi) is 7.74. The third kappa shape index (κ3) is 5.84. The van der Waals surface area contributed by atoms with E-state index in [0.717, 1.165) is 14.7 Å². The first-order valence-corrected chi connectivity index (χ1v) is 13.2. The topological polar surface area (TPSA) is 85.4 Å². The van der Waals surface area contributed by atoms with E-state index >= 15 is 0 Å². The number of rotatable bonds is 11. The molecule has 35 heavy (non-hydrogen) atoms. The molecule has 184 valence electrons. The molecule has 0 spiro atoms. The van der Waals surface area contributed by atoms with Gasteiger partial charge in [-0.25, -0.2) is 8.42 Å². The minimum absolute atomic E-state index is 0.00301. The zero-order valence-electron chi connectivity index (χ0n) is 19.3.